The maximum Gasteiger partial charge on any atom is 0.338 e. The summed E-state index contributed by atoms with van der Waals surface area (Å²) in [4.78, 5) is 26.2. The molecular formula is C20H21NO4. The second-order valence-corrected chi connectivity index (χ2v) is 6.20. The lowest BCUT2D eigenvalue weighted by molar-refractivity contribution is -0.138. The van der Waals surface area contributed by atoms with Gasteiger partial charge in [-0.05, 0) is 55.2 Å². The van der Waals surface area contributed by atoms with Gasteiger partial charge in [-0.2, -0.15) is 0 Å². The van der Waals surface area contributed by atoms with Gasteiger partial charge in [-0.3, -0.25) is 4.79 Å². The van der Waals surface area contributed by atoms with E-state index in [1.807, 2.05) is 12.1 Å². The summed E-state index contributed by atoms with van der Waals surface area (Å²) in [7, 11) is 0. The SMILES string of the molecule is CC(OC(=O)c1ccc(-c2ccc(O)cc2)cc1)C(=O)N1CCCC1. The van der Waals surface area contributed by atoms with E-state index in [1.54, 1.807) is 48.2 Å². The molecule has 2 aromatic rings. The van der Waals surface area contributed by atoms with Gasteiger partial charge in [0.1, 0.15) is 5.75 Å². The van der Waals surface area contributed by atoms with Gasteiger partial charge in [0.2, 0.25) is 0 Å². The van der Waals surface area contributed by atoms with Crippen molar-refractivity contribution in [2.45, 2.75) is 25.9 Å². The summed E-state index contributed by atoms with van der Waals surface area (Å²) in [5.41, 5.74) is 2.27. The Hall–Kier alpha value is -2.82. The zero-order chi connectivity index (χ0) is 17.8. The molecule has 2 aromatic carbocycles. The van der Waals surface area contributed by atoms with Crippen molar-refractivity contribution in [3.63, 3.8) is 0 Å². The molecule has 1 aliphatic heterocycles. The van der Waals surface area contributed by atoms with Gasteiger partial charge in [0.05, 0.1) is 5.56 Å². The Morgan fingerprint density at radius 2 is 1.48 bits per heavy atom. The number of carbonyl (C=O) groups excluding carboxylic acids is 2. The van der Waals surface area contributed by atoms with Gasteiger partial charge < -0.3 is 14.7 Å². The monoisotopic (exact) mass is 339 g/mol. The largest absolute Gasteiger partial charge is 0.508 e. The van der Waals surface area contributed by atoms with Gasteiger partial charge in [0, 0.05) is 13.1 Å². The first-order chi connectivity index (χ1) is 12.0. The number of phenols is 1. The summed E-state index contributed by atoms with van der Waals surface area (Å²) in [5.74, 6) is -0.426. The average Bonchev–Trinajstić information content (AvgIpc) is 3.16. The van der Waals surface area contributed by atoms with Crippen LogP contribution in [0.3, 0.4) is 0 Å². The van der Waals surface area contributed by atoms with Crippen LogP contribution in [-0.4, -0.2) is 41.1 Å². The summed E-state index contributed by atoms with van der Waals surface area (Å²) in [5, 5.41) is 9.34. The third kappa shape index (κ3) is 3.99. The number of rotatable bonds is 4. The van der Waals surface area contributed by atoms with Gasteiger partial charge >= 0.3 is 5.97 Å². The molecule has 5 nitrogen and oxygen atoms in total. The van der Waals surface area contributed by atoms with Crippen molar-refractivity contribution in [1.82, 2.24) is 4.90 Å². The molecule has 1 heterocycles. The molecule has 0 aliphatic carbocycles. The molecule has 3 rings (SSSR count). The summed E-state index contributed by atoms with van der Waals surface area (Å²) in [6, 6.07) is 13.8. The van der Waals surface area contributed by atoms with Gasteiger partial charge in [-0.15, -0.1) is 0 Å². The third-order valence-electron chi connectivity index (χ3n) is 4.37. The highest BCUT2D eigenvalue weighted by Gasteiger charge is 2.26. The predicted molar refractivity (Wildman–Crippen MR) is 94.2 cm³/mol. The number of carbonyl (C=O) groups is 2. The number of esters is 1. The number of ether oxygens (including phenoxy) is 1. The molecule has 0 bridgehead atoms. The summed E-state index contributed by atoms with van der Waals surface area (Å²) in [6.45, 7) is 3.09. The normalized spacial score (nSPS) is 15.0. The van der Waals surface area contributed by atoms with Gasteiger partial charge in [-0.1, -0.05) is 24.3 Å². The van der Waals surface area contributed by atoms with Crippen molar-refractivity contribution in [3.05, 3.63) is 54.1 Å². The smallest absolute Gasteiger partial charge is 0.338 e. The zero-order valence-electron chi connectivity index (χ0n) is 14.1. The standard InChI is InChI=1S/C20H21NO4/c1-14(19(23)21-12-2-3-13-21)25-20(24)17-6-4-15(5-7-17)16-8-10-18(22)11-9-16/h4-11,14,22H,2-3,12-13H2,1H3. The van der Waals surface area contributed by atoms with Crippen molar-refractivity contribution >= 4 is 11.9 Å². The summed E-state index contributed by atoms with van der Waals surface area (Å²) >= 11 is 0. The molecule has 1 amide bonds. The highest BCUT2D eigenvalue weighted by Crippen LogP contribution is 2.22. The number of likely N-dealkylation sites (tertiary alicyclic amines) is 1. The average molecular weight is 339 g/mol. The van der Waals surface area contributed by atoms with E-state index in [-0.39, 0.29) is 11.7 Å². The van der Waals surface area contributed by atoms with Crippen LogP contribution in [0.5, 0.6) is 5.75 Å². The molecule has 0 spiro atoms. The van der Waals surface area contributed by atoms with Crippen LogP contribution in [0.25, 0.3) is 11.1 Å². The van der Waals surface area contributed by atoms with Crippen molar-refractivity contribution in [1.29, 1.82) is 0 Å². The predicted octanol–water partition coefficient (Wildman–Crippen LogP) is 3.23. The Balaban J connectivity index is 1.64. The molecule has 5 heteroatoms. The molecule has 0 aromatic heterocycles. The summed E-state index contributed by atoms with van der Waals surface area (Å²) < 4.78 is 5.31. The first kappa shape index (κ1) is 17.0. The lowest BCUT2D eigenvalue weighted by atomic mass is 10.0. The maximum absolute atomic E-state index is 12.2. The molecular weight excluding hydrogens is 318 g/mol. The van der Waals surface area contributed by atoms with Crippen LogP contribution in [-0.2, 0) is 9.53 Å². The first-order valence-electron chi connectivity index (χ1n) is 8.44. The fourth-order valence-corrected chi connectivity index (χ4v) is 2.93. The molecule has 1 atom stereocenters. The minimum atomic E-state index is -0.776. The number of hydrogen-bond acceptors (Lipinski definition) is 4. The number of hydrogen-bond donors (Lipinski definition) is 1. The van der Waals surface area contributed by atoms with Crippen molar-refractivity contribution < 1.29 is 19.4 Å². The zero-order valence-corrected chi connectivity index (χ0v) is 14.1. The number of benzene rings is 2. The number of amides is 1. The van der Waals surface area contributed by atoms with Gasteiger partial charge in [-0.25, -0.2) is 4.79 Å². The van der Waals surface area contributed by atoms with E-state index >= 15 is 0 Å². The Labute approximate surface area is 146 Å². The van der Waals surface area contributed by atoms with Crippen LogP contribution in [0.4, 0.5) is 0 Å². The molecule has 0 saturated carbocycles. The fraction of sp³-hybridized carbons (Fsp3) is 0.300. The van der Waals surface area contributed by atoms with Gasteiger partial charge in [0.25, 0.3) is 5.91 Å². The second kappa shape index (κ2) is 7.38. The van der Waals surface area contributed by atoms with E-state index in [0.717, 1.165) is 37.1 Å². The molecule has 1 saturated heterocycles. The van der Waals surface area contributed by atoms with E-state index in [9.17, 15) is 14.7 Å². The van der Waals surface area contributed by atoms with E-state index in [0.29, 0.717) is 5.56 Å². The quantitative estimate of drug-likeness (QED) is 0.869. The Bertz CT molecular complexity index is 746. The molecule has 1 aliphatic rings. The Morgan fingerprint density at radius 1 is 0.960 bits per heavy atom. The lowest BCUT2D eigenvalue weighted by Crippen LogP contribution is -2.38. The van der Waals surface area contributed by atoms with E-state index in [1.165, 1.54) is 0 Å². The molecule has 25 heavy (non-hydrogen) atoms. The van der Waals surface area contributed by atoms with Crippen LogP contribution in [0.2, 0.25) is 0 Å². The van der Waals surface area contributed by atoms with Crippen molar-refractivity contribution in [2.24, 2.45) is 0 Å². The highest BCUT2D eigenvalue weighted by atomic mass is 16.5. The van der Waals surface area contributed by atoms with Crippen LogP contribution < -0.4 is 0 Å². The lowest BCUT2D eigenvalue weighted by Gasteiger charge is -2.20. The van der Waals surface area contributed by atoms with Crippen LogP contribution in [0.1, 0.15) is 30.1 Å². The summed E-state index contributed by atoms with van der Waals surface area (Å²) in [6.07, 6.45) is 1.23. The van der Waals surface area contributed by atoms with E-state index in [4.69, 9.17) is 4.74 Å². The van der Waals surface area contributed by atoms with E-state index in [2.05, 4.69) is 0 Å². The number of aromatic hydroxyl groups is 1. The highest BCUT2D eigenvalue weighted by molar-refractivity contribution is 5.92. The molecule has 1 fully saturated rings. The Morgan fingerprint density at radius 3 is 2.04 bits per heavy atom. The minimum Gasteiger partial charge on any atom is -0.508 e. The molecule has 0 radical (unpaired) electrons. The van der Waals surface area contributed by atoms with Crippen molar-refractivity contribution in [2.75, 3.05) is 13.1 Å². The number of nitrogens with zero attached hydrogens (tertiary/aromatic N) is 1. The van der Waals surface area contributed by atoms with Crippen molar-refractivity contribution in [3.8, 4) is 16.9 Å². The second-order valence-electron chi connectivity index (χ2n) is 6.20. The van der Waals surface area contributed by atoms with Crippen LogP contribution in [0, 0.1) is 0 Å². The number of phenolic OH excluding ortho intramolecular Hbond substituents is 1. The fourth-order valence-electron chi connectivity index (χ4n) is 2.93. The molecule has 1 unspecified atom stereocenters. The van der Waals surface area contributed by atoms with Crippen LogP contribution in [0.15, 0.2) is 48.5 Å². The molecule has 130 valence electrons. The Kier molecular flexibility index (Phi) is 5.03. The van der Waals surface area contributed by atoms with Gasteiger partial charge in [0.15, 0.2) is 6.10 Å². The molecule has 1 N–H and O–H groups in total. The maximum atomic E-state index is 12.2. The van der Waals surface area contributed by atoms with E-state index < -0.39 is 12.1 Å². The topological polar surface area (TPSA) is 66.8 Å². The first-order valence-corrected chi connectivity index (χ1v) is 8.44. The van der Waals surface area contributed by atoms with Crippen LogP contribution >= 0.6 is 0 Å². The third-order valence-corrected chi connectivity index (χ3v) is 4.37. The minimum absolute atomic E-state index is 0.133.